The van der Waals surface area contributed by atoms with Crippen molar-refractivity contribution in [2.45, 2.75) is 51.5 Å². The Hall–Kier alpha value is -1.38. The zero-order valence-corrected chi connectivity index (χ0v) is 18.7. The number of carbonyl (C=O) groups excluding carboxylic acids is 1. The average molecular weight is 485 g/mol. The number of nitrogens with zero attached hydrogens (tertiary/aromatic N) is 3. The molecule has 2 heterocycles. The molecule has 1 amide bonds. The van der Waals surface area contributed by atoms with Crippen LogP contribution in [0, 0.1) is 12.8 Å². The number of aromatic nitrogens is 1. The Morgan fingerprint density at radius 3 is 2.81 bits per heavy atom. The molecule has 27 heavy (non-hydrogen) atoms. The minimum atomic E-state index is 0. The van der Waals surface area contributed by atoms with E-state index in [1.165, 1.54) is 24.0 Å². The van der Waals surface area contributed by atoms with Crippen LogP contribution in [0.3, 0.4) is 0 Å². The second-order valence-electron chi connectivity index (χ2n) is 7.45. The van der Waals surface area contributed by atoms with Gasteiger partial charge in [-0.2, -0.15) is 0 Å². The van der Waals surface area contributed by atoms with Gasteiger partial charge in [0, 0.05) is 51.0 Å². The van der Waals surface area contributed by atoms with E-state index in [4.69, 9.17) is 0 Å². The van der Waals surface area contributed by atoms with Gasteiger partial charge in [-0.05, 0) is 49.8 Å². The molecule has 150 valence electrons. The first-order valence-corrected chi connectivity index (χ1v) is 9.83. The molecule has 1 unspecified atom stereocenters. The number of halogens is 1. The number of pyridine rings is 1. The van der Waals surface area contributed by atoms with Crippen molar-refractivity contribution in [1.82, 2.24) is 20.5 Å². The van der Waals surface area contributed by atoms with Crippen molar-refractivity contribution < 1.29 is 4.79 Å². The summed E-state index contributed by atoms with van der Waals surface area (Å²) >= 11 is 0. The van der Waals surface area contributed by atoms with Gasteiger partial charge in [-0.15, -0.1) is 24.0 Å². The van der Waals surface area contributed by atoms with Gasteiger partial charge >= 0.3 is 0 Å². The van der Waals surface area contributed by atoms with Crippen molar-refractivity contribution in [3.8, 4) is 0 Å². The third-order valence-electron chi connectivity index (χ3n) is 5.59. The van der Waals surface area contributed by atoms with Gasteiger partial charge < -0.3 is 15.5 Å². The second-order valence-corrected chi connectivity index (χ2v) is 7.45. The molecule has 1 atom stereocenters. The van der Waals surface area contributed by atoms with Crippen molar-refractivity contribution in [3.05, 3.63) is 29.6 Å². The number of carbonyl (C=O) groups is 1. The van der Waals surface area contributed by atoms with Crippen molar-refractivity contribution in [3.63, 3.8) is 0 Å². The highest BCUT2D eigenvalue weighted by atomic mass is 127. The first kappa shape index (κ1) is 21.9. The van der Waals surface area contributed by atoms with Crippen LogP contribution in [0.4, 0.5) is 0 Å². The molecule has 1 saturated heterocycles. The predicted molar refractivity (Wildman–Crippen MR) is 120 cm³/mol. The number of guanidine groups is 1. The number of aryl methyl sites for hydroxylation is 1. The zero-order chi connectivity index (χ0) is 18.4. The summed E-state index contributed by atoms with van der Waals surface area (Å²) in [5.41, 5.74) is 2.52. The second kappa shape index (κ2) is 10.8. The van der Waals surface area contributed by atoms with Crippen LogP contribution in [-0.4, -0.2) is 54.5 Å². The number of hydrogen-bond donors (Lipinski definition) is 2. The fourth-order valence-electron chi connectivity index (χ4n) is 4.00. The van der Waals surface area contributed by atoms with Crippen molar-refractivity contribution in [2.75, 3.05) is 26.7 Å². The minimum Gasteiger partial charge on any atom is -0.356 e. The number of nitrogens with one attached hydrogen (secondary N) is 2. The molecule has 3 rings (SSSR count). The number of amides is 1. The van der Waals surface area contributed by atoms with Gasteiger partial charge in [0.1, 0.15) is 0 Å². The smallest absolute Gasteiger partial charge is 0.225 e. The van der Waals surface area contributed by atoms with E-state index in [0.29, 0.717) is 5.91 Å². The molecular weight excluding hydrogens is 453 g/mol. The molecule has 0 aromatic carbocycles. The van der Waals surface area contributed by atoms with Gasteiger partial charge in [-0.25, -0.2) is 0 Å². The molecule has 1 aliphatic carbocycles. The van der Waals surface area contributed by atoms with Crippen molar-refractivity contribution in [1.29, 1.82) is 0 Å². The highest BCUT2D eigenvalue weighted by Crippen LogP contribution is 2.27. The molecule has 2 N–H and O–H groups in total. The van der Waals surface area contributed by atoms with Crippen LogP contribution >= 0.6 is 24.0 Å². The Kier molecular flexibility index (Phi) is 8.79. The first-order valence-electron chi connectivity index (χ1n) is 9.83. The van der Waals surface area contributed by atoms with Gasteiger partial charge in [-0.3, -0.25) is 14.8 Å². The lowest BCUT2D eigenvalue weighted by Crippen LogP contribution is -2.45. The maximum atomic E-state index is 12.6. The van der Waals surface area contributed by atoms with Gasteiger partial charge in [0.05, 0.1) is 0 Å². The highest BCUT2D eigenvalue weighted by molar-refractivity contribution is 14.0. The molecule has 7 heteroatoms. The summed E-state index contributed by atoms with van der Waals surface area (Å²) in [5.74, 6) is 1.45. The summed E-state index contributed by atoms with van der Waals surface area (Å²) in [6.07, 6.45) is 10.2. The molecule has 0 spiro atoms. The third kappa shape index (κ3) is 6.05. The molecule has 1 saturated carbocycles. The van der Waals surface area contributed by atoms with Gasteiger partial charge in [0.2, 0.25) is 5.91 Å². The van der Waals surface area contributed by atoms with E-state index in [-0.39, 0.29) is 35.9 Å². The molecule has 0 radical (unpaired) electrons. The van der Waals surface area contributed by atoms with Crippen molar-refractivity contribution in [2.24, 2.45) is 10.9 Å². The zero-order valence-electron chi connectivity index (χ0n) is 16.4. The van der Waals surface area contributed by atoms with E-state index < -0.39 is 0 Å². The molecule has 1 aromatic rings. The monoisotopic (exact) mass is 485 g/mol. The number of aliphatic imine (C=N–C) groups is 1. The third-order valence-corrected chi connectivity index (χ3v) is 5.59. The lowest BCUT2D eigenvalue weighted by Gasteiger charge is -2.21. The van der Waals surface area contributed by atoms with E-state index in [1.54, 1.807) is 7.05 Å². The number of likely N-dealkylation sites (tertiary alicyclic amines) is 1. The quantitative estimate of drug-likeness (QED) is 0.382. The molecular formula is C20H32IN5O. The Morgan fingerprint density at radius 2 is 2.11 bits per heavy atom. The standard InChI is InChI=1S/C20H31N5O.HI/c1-15-13-22-10-7-16(15)8-11-23-20(21-2)24-18-9-12-25(14-18)19(26)17-5-3-4-6-17;/h7,10,13,17-18H,3-6,8-9,11-12,14H2,1-2H3,(H2,21,23,24);1H. The van der Waals surface area contributed by atoms with E-state index in [0.717, 1.165) is 51.3 Å². The molecule has 0 bridgehead atoms. The maximum absolute atomic E-state index is 12.6. The van der Waals surface area contributed by atoms with Gasteiger partial charge in [0.15, 0.2) is 5.96 Å². The van der Waals surface area contributed by atoms with Crippen LogP contribution in [0.5, 0.6) is 0 Å². The van der Waals surface area contributed by atoms with E-state index in [1.807, 2.05) is 17.3 Å². The van der Waals surface area contributed by atoms with Crippen LogP contribution < -0.4 is 10.6 Å². The summed E-state index contributed by atoms with van der Waals surface area (Å²) < 4.78 is 0. The van der Waals surface area contributed by atoms with E-state index >= 15 is 0 Å². The van der Waals surface area contributed by atoms with Crippen LogP contribution in [0.1, 0.15) is 43.2 Å². The lowest BCUT2D eigenvalue weighted by molar-refractivity contribution is -0.134. The SMILES string of the molecule is CN=C(NCCc1ccncc1C)NC1CCN(C(=O)C2CCCC2)C1.I. The highest BCUT2D eigenvalue weighted by Gasteiger charge is 2.32. The molecule has 2 aliphatic rings. The molecule has 6 nitrogen and oxygen atoms in total. The largest absolute Gasteiger partial charge is 0.356 e. The van der Waals surface area contributed by atoms with Gasteiger partial charge in [0.25, 0.3) is 0 Å². The summed E-state index contributed by atoms with van der Waals surface area (Å²) in [5, 5.41) is 6.86. The Labute approximate surface area is 179 Å². The van der Waals surface area contributed by atoms with Crippen LogP contribution in [0.15, 0.2) is 23.5 Å². The van der Waals surface area contributed by atoms with Gasteiger partial charge in [-0.1, -0.05) is 12.8 Å². The summed E-state index contributed by atoms with van der Waals surface area (Å²) in [7, 11) is 1.80. The fourth-order valence-corrected chi connectivity index (χ4v) is 4.00. The summed E-state index contributed by atoms with van der Waals surface area (Å²) in [4.78, 5) is 23.1. The van der Waals surface area contributed by atoms with Crippen LogP contribution in [0.25, 0.3) is 0 Å². The van der Waals surface area contributed by atoms with Crippen LogP contribution in [-0.2, 0) is 11.2 Å². The fraction of sp³-hybridized carbons (Fsp3) is 0.650. The maximum Gasteiger partial charge on any atom is 0.225 e. The summed E-state index contributed by atoms with van der Waals surface area (Å²) in [6.45, 7) is 4.56. The summed E-state index contributed by atoms with van der Waals surface area (Å²) in [6, 6.07) is 2.35. The molecule has 2 fully saturated rings. The normalized spacial score (nSPS) is 20.4. The minimum absolute atomic E-state index is 0. The predicted octanol–water partition coefficient (Wildman–Crippen LogP) is 2.51. The first-order chi connectivity index (χ1) is 12.7. The molecule has 1 aromatic heterocycles. The van der Waals surface area contributed by atoms with E-state index in [2.05, 4.69) is 33.6 Å². The van der Waals surface area contributed by atoms with E-state index in [9.17, 15) is 4.79 Å². The van der Waals surface area contributed by atoms with Crippen LogP contribution in [0.2, 0.25) is 0 Å². The number of hydrogen-bond acceptors (Lipinski definition) is 3. The Bertz CT molecular complexity index is 645. The Balaban J connectivity index is 0.00000261. The van der Waals surface area contributed by atoms with Crippen molar-refractivity contribution >= 4 is 35.8 Å². The molecule has 1 aliphatic heterocycles. The lowest BCUT2D eigenvalue weighted by atomic mass is 10.1. The Morgan fingerprint density at radius 1 is 1.33 bits per heavy atom. The number of rotatable bonds is 5. The topological polar surface area (TPSA) is 69.6 Å². The average Bonchev–Trinajstić information content (AvgIpc) is 3.34.